The number of aromatic nitrogens is 1. The summed E-state index contributed by atoms with van der Waals surface area (Å²) in [4.78, 5) is 19.0. The van der Waals surface area contributed by atoms with E-state index in [2.05, 4.69) is 15.9 Å². The van der Waals surface area contributed by atoms with Crippen LogP contribution in [0.5, 0.6) is 23.0 Å². The van der Waals surface area contributed by atoms with E-state index in [1.54, 1.807) is 18.3 Å². The lowest BCUT2D eigenvalue weighted by Crippen LogP contribution is -2.32. The number of benzene rings is 3. The molecule has 0 aliphatic carbocycles. The van der Waals surface area contributed by atoms with Gasteiger partial charge in [0, 0.05) is 18.5 Å². The first-order valence-corrected chi connectivity index (χ1v) is 12.8. The van der Waals surface area contributed by atoms with Gasteiger partial charge in [0.05, 0.1) is 23.8 Å². The van der Waals surface area contributed by atoms with E-state index in [1.807, 2.05) is 37.3 Å². The predicted octanol–water partition coefficient (Wildman–Crippen LogP) is 6.36. The first-order valence-electron chi connectivity index (χ1n) is 12.5. The molecule has 0 radical (unpaired) electrons. The molecule has 1 N–H and O–H groups in total. The summed E-state index contributed by atoms with van der Waals surface area (Å²) < 4.78 is 23.4. The van der Waals surface area contributed by atoms with E-state index in [0.29, 0.717) is 47.1 Å². The maximum atomic E-state index is 11.6. The van der Waals surface area contributed by atoms with E-state index in [4.69, 9.17) is 37.1 Å². The molecule has 0 amide bonds. The molecule has 0 fully saturated rings. The van der Waals surface area contributed by atoms with Crippen LogP contribution in [0.25, 0.3) is 16.0 Å². The fourth-order valence-electron chi connectivity index (χ4n) is 4.23. The number of aliphatic hydroxyl groups is 1. The number of hydrogen-bond acceptors (Lipinski definition) is 7. The van der Waals surface area contributed by atoms with Crippen molar-refractivity contribution in [3.63, 3.8) is 0 Å². The Kier molecular flexibility index (Phi) is 8.15. The second-order valence-electron chi connectivity index (χ2n) is 9.22. The fourth-order valence-corrected chi connectivity index (χ4v) is 4.46. The van der Waals surface area contributed by atoms with Crippen LogP contribution < -0.4 is 18.9 Å². The van der Waals surface area contributed by atoms with Gasteiger partial charge in [-0.1, -0.05) is 35.9 Å². The van der Waals surface area contributed by atoms with Crippen molar-refractivity contribution in [3.8, 4) is 34.1 Å². The molecule has 40 heavy (non-hydrogen) atoms. The van der Waals surface area contributed by atoms with Gasteiger partial charge in [-0.15, -0.1) is 0 Å². The molecule has 1 aliphatic heterocycles. The highest BCUT2D eigenvalue weighted by Crippen LogP contribution is 2.37. The Labute approximate surface area is 236 Å². The Bertz CT molecular complexity index is 1600. The summed E-state index contributed by atoms with van der Waals surface area (Å²) in [5.74, 6) is 1.96. The van der Waals surface area contributed by atoms with Crippen molar-refractivity contribution in [3.05, 3.63) is 106 Å². The van der Waals surface area contributed by atoms with Crippen LogP contribution in [0, 0.1) is 13.5 Å². The second kappa shape index (κ2) is 12.1. The van der Waals surface area contributed by atoms with Crippen LogP contribution in [0.1, 0.15) is 27.0 Å². The van der Waals surface area contributed by atoms with Gasteiger partial charge in [-0.3, -0.25) is 9.78 Å². The van der Waals surface area contributed by atoms with Gasteiger partial charge in [-0.05, 0) is 59.0 Å². The van der Waals surface area contributed by atoms with Gasteiger partial charge in [0.25, 0.3) is 0 Å². The highest BCUT2D eigenvalue weighted by atomic mass is 35.5. The molecule has 1 unspecified atom stereocenters. The topological polar surface area (TPSA) is 91.5 Å². The van der Waals surface area contributed by atoms with Crippen LogP contribution in [0.15, 0.2) is 67.0 Å². The van der Waals surface area contributed by atoms with E-state index in [0.717, 1.165) is 22.3 Å². The first-order chi connectivity index (χ1) is 19.5. The van der Waals surface area contributed by atoms with Crippen LogP contribution >= 0.6 is 11.6 Å². The zero-order valence-electron chi connectivity index (χ0n) is 21.6. The lowest BCUT2D eigenvalue weighted by Gasteiger charge is -2.25. The quantitative estimate of drug-likeness (QED) is 0.189. The minimum atomic E-state index is -0.379. The average molecular weight is 557 g/mol. The van der Waals surface area contributed by atoms with Crippen molar-refractivity contribution in [2.75, 3.05) is 13.2 Å². The van der Waals surface area contributed by atoms with Crippen molar-refractivity contribution in [1.82, 2.24) is 4.98 Å². The van der Waals surface area contributed by atoms with E-state index in [1.165, 1.54) is 12.3 Å². The lowest BCUT2D eigenvalue weighted by molar-refractivity contribution is 0.0457. The molecular weight excluding hydrogens is 532 g/mol. The molecule has 0 saturated carbocycles. The first kappa shape index (κ1) is 27.0. The molecule has 0 saturated heterocycles. The van der Waals surface area contributed by atoms with Crippen LogP contribution in [0.3, 0.4) is 0 Å². The van der Waals surface area contributed by atoms with Gasteiger partial charge in [0.2, 0.25) is 5.69 Å². The van der Waals surface area contributed by atoms with Gasteiger partial charge in [-0.2, -0.15) is 0 Å². The highest BCUT2D eigenvalue weighted by molar-refractivity contribution is 6.32. The molecule has 0 spiro atoms. The number of carbonyl (C=O) groups excluding carboxylic acids is 1. The number of rotatable bonds is 9. The molecule has 4 aromatic rings. The van der Waals surface area contributed by atoms with Crippen LogP contribution in [-0.4, -0.2) is 35.7 Å². The monoisotopic (exact) mass is 556 g/mol. The summed E-state index contributed by atoms with van der Waals surface area (Å²) >= 11 is 6.41. The van der Waals surface area contributed by atoms with E-state index < -0.39 is 0 Å². The van der Waals surface area contributed by atoms with Crippen molar-refractivity contribution in [2.45, 2.75) is 26.2 Å². The third-order valence-electron chi connectivity index (χ3n) is 6.42. The number of fused-ring (bicyclic) bond motifs is 1. The molecule has 1 atom stereocenters. The van der Waals surface area contributed by atoms with Gasteiger partial charge < -0.3 is 24.1 Å². The smallest absolute Gasteiger partial charge is 0.205 e. The number of aldehydes is 1. The van der Waals surface area contributed by atoms with Crippen LogP contribution in [0.4, 0.5) is 5.69 Å². The molecule has 2 heterocycles. The standard InChI is InChI=1S/C31H25ClN2O6/c1-19-7-21(22-5-6-28-31(10-22)40-26(15-36)18-39-28)3-4-23(19)17-38-30-11-29(24(14-35)9-27(30)32)37-16-20-8-25(33-2)13-34-12-20/h3-14,26,36H,15-18H2,1H3. The molecule has 0 bridgehead atoms. The Morgan fingerprint density at radius 2 is 1.85 bits per heavy atom. The molecule has 1 aliphatic rings. The number of aliphatic hydroxyl groups excluding tert-OH is 1. The summed E-state index contributed by atoms with van der Waals surface area (Å²) in [5.41, 5.74) is 5.33. The zero-order valence-corrected chi connectivity index (χ0v) is 22.4. The third-order valence-corrected chi connectivity index (χ3v) is 6.72. The number of carbonyl (C=O) groups is 1. The summed E-state index contributed by atoms with van der Waals surface area (Å²) in [6, 6.07) is 16.6. The zero-order chi connectivity index (χ0) is 28.1. The third kappa shape index (κ3) is 6.01. The minimum absolute atomic E-state index is 0.110. The molecule has 8 nitrogen and oxygen atoms in total. The Morgan fingerprint density at radius 3 is 2.62 bits per heavy atom. The van der Waals surface area contributed by atoms with Crippen molar-refractivity contribution < 1.29 is 28.8 Å². The number of halogens is 1. The molecule has 5 rings (SSSR count). The number of ether oxygens (including phenoxy) is 4. The summed E-state index contributed by atoms with van der Waals surface area (Å²) in [6.45, 7) is 9.72. The summed E-state index contributed by atoms with van der Waals surface area (Å²) in [7, 11) is 0. The SMILES string of the molecule is [C-]#[N+]c1cncc(COc2cc(OCc3ccc(-c4ccc5c(c4)OC(CO)CO5)cc3C)c(Cl)cc2C=O)c1. The highest BCUT2D eigenvalue weighted by Gasteiger charge is 2.21. The maximum Gasteiger partial charge on any atom is 0.205 e. The molecule has 1 aromatic heterocycles. The van der Waals surface area contributed by atoms with Crippen LogP contribution in [0.2, 0.25) is 5.02 Å². The van der Waals surface area contributed by atoms with E-state index in [9.17, 15) is 9.90 Å². The maximum absolute atomic E-state index is 11.6. The number of nitrogens with zero attached hydrogens (tertiary/aromatic N) is 2. The normalized spacial score (nSPS) is 13.8. The number of hydrogen-bond donors (Lipinski definition) is 1. The minimum Gasteiger partial charge on any atom is -0.488 e. The molecule has 9 heteroatoms. The van der Waals surface area contributed by atoms with Crippen molar-refractivity contribution in [2.24, 2.45) is 0 Å². The van der Waals surface area contributed by atoms with Crippen molar-refractivity contribution >= 4 is 23.6 Å². The largest absolute Gasteiger partial charge is 0.488 e. The fraction of sp³-hybridized carbons (Fsp3) is 0.194. The van der Waals surface area contributed by atoms with E-state index in [-0.39, 0.29) is 36.5 Å². The summed E-state index contributed by atoms with van der Waals surface area (Å²) in [6.07, 6.45) is 3.37. The van der Waals surface area contributed by atoms with Crippen LogP contribution in [-0.2, 0) is 13.2 Å². The van der Waals surface area contributed by atoms with Gasteiger partial charge in [0.15, 0.2) is 23.9 Å². The average Bonchev–Trinajstić information content (AvgIpc) is 2.99. The Hall–Kier alpha value is -4.58. The Morgan fingerprint density at radius 1 is 1.05 bits per heavy atom. The van der Waals surface area contributed by atoms with Gasteiger partial charge in [0.1, 0.15) is 31.3 Å². The van der Waals surface area contributed by atoms with Crippen molar-refractivity contribution in [1.29, 1.82) is 0 Å². The Balaban J connectivity index is 1.29. The van der Waals surface area contributed by atoms with Gasteiger partial charge in [-0.25, -0.2) is 4.85 Å². The van der Waals surface area contributed by atoms with Gasteiger partial charge >= 0.3 is 0 Å². The summed E-state index contributed by atoms with van der Waals surface area (Å²) in [5, 5.41) is 9.68. The lowest BCUT2D eigenvalue weighted by atomic mass is 9.99. The van der Waals surface area contributed by atoms with E-state index >= 15 is 0 Å². The molecule has 3 aromatic carbocycles. The number of pyridine rings is 1. The molecular formula is C31H25ClN2O6. The predicted molar refractivity (Wildman–Crippen MR) is 150 cm³/mol. The molecule has 202 valence electrons. The second-order valence-corrected chi connectivity index (χ2v) is 9.62. The number of aryl methyl sites for hydroxylation is 1.